The van der Waals surface area contributed by atoms with Gasteiger partial charge in [-0.15, -0.1) is 0 Å². The van der Waals surface area contributed by atoms with E-state index in [4.69, 9.17) is 0 Å². The van der Waals surface area contributed by atoms with Crippen molar-refractivity contribution in [2.45, 2.75) is 27.7 Å². The summed E-state index contributed by atoms with van der Waals surface area (Å²) in [7, 11) is 0. The van der Waals surface area contributed by atoms with Crippen LogP contribution < -0.4 is 5.10 Å². The summed E-state index contributed by atoms with van der Waals surface area (Å²) in [5, 5.41) is 11.7. The molecule has 0 aliphatic rings. The molecule has 0 saturated heterocycles. The number of aromatic nitrogens is 3. The minimum atomic E-state index is 0. The van der Waals surface area contributed by atoms with Gasteiger partial charge in [0.2, 0.25) is 0 Å². The van der Waals surface area contributed by atoms with Gasteiger partial charge in [-0.05, 0) is 61.0 Å². The molecular weight excluding hydrogens is 263 g/mol. The number of hydrogen-bond donors (Lipinski definition) is 0. The first-order chi connectivity index (χ1) is 6.13. The van der Waals surface area contributed by atoms with Crippen LogP contribution in [0.4, 0.5) is 0 Å². The molecule has 15 heavy (non-hydrogen) atoms. The summed E-state index contributed by atoms with van der Waals surface area (Å²) in [4.78, 5) is 0. The van der Waals surface area contributed by atoms with E-state index in [0.717, 1.165) is 11.0 Å². The van der Waals surface area contributed by atoms with Gasteiger partial charge in [0.1, 0.15) is 0 Å². The van der Waals surface area contributed by atoms with E-state index >= 15 is 0 Å². The zero-order chi connectivity index (χ0) is 9.59. The Hall–Kier alpha value is -0.276. The van der Waals surface area contributed by atoms with Gasteiger partial charge in [0.05, 0.1) is 0 Å². The van der Waals surface area contributed by atoms with Crippen molar-refractivity contribution in [2.75, 3.05) is 0 Å². The van der Waals surface area contributed by atoms with Gasteiger partial charge < -0.3 is 17.6 Å². The molecule has 0 atom stereocenters. The fourth-order valence-electron chi connectivity index (χ4n) is 1.63. The zero-order valence-electron chi connectivity index (χ0n) is 9.92. The van der Waals surface area contributed by atoms with E-state index in [9.17, 15) is 0 Å². The second-order valence-corrected chi connectivity index (χ2v) is 3.49. The molecule has 1 heterocycles. The van der Waals surface area contributed by atoms with Crippen LogP contribution in [0.5, 0.6) is 0 Å². The average Bonchev–Trinajstić information content (AvgIpc) is 2.59. The minimum absolute atomic E-state index is 0. The monoisotopic (exact) mass is 278 g/mol. The van der Waals surface area contributed by atoms with Gasteiger partial charge in [-0.25, -0.2) is 0 Å². The van der Waals surface area contributed by atoms with Crippen LogP contribution in [-0.4, -0.2) is 10.3 Å². The van der Waals surface area contributed by atoms with E-state index in [2.05, 4.69) is 43.1 Å². The molecule has 0 aliphatic heterocycles. The number of nitrogens with zero attached hydrogens (tertiary/aromatic N) is 3. The van der Waals surface area contributed by atoms with Gasteiger partial charge in [-0.2, -0.15) is 0 Å². The van der Waals surface area contributed by atoms with Crippen molar-refractivity contribution < 1.29 is 32.7 Å². The maximum Gasteiger partial charge on any atom is 3.00 e. The molecular formula is C11H15N3Y+. The van der Waals surface area contributed by atoms with Crippen LogP contribution in [0, 0.1) is 35.1 Å². The van der Waals surface area contributed by atoms with E-state index in [0.29, 0.717) is 0 Å². The third-order valence-corrected chi connectivity index (χ3v) is 2.91. The van der Waals surface area contributed by atoms with Crippen LogP contribution >= 0.6 is 0 Å². The molecule has 76 valence electrons. The van der Waals surface area contributed by atoms with Crippen LogP contribution in [0.3, 0.4) is 0 Å². The second kappa shape index (κ2) is 5.17. The van der Waals surface area contributed by atoms with Crippen LogP contribution in [0.1, 0.15) is 22.3 Å². The Morgan fingerprint density at radius 3 is 2.00 bits per heavy atom. The summed E-state index contributed by atoms with van der Waals surface area (Å²) < 4.78 is 0. The van der Waals surface area contributed by atoms with E-state index in [-0.39, 0.29) is 40.1 Å². The first kappa shape index (κ1) is 14.7. The summed E-state index contributed by atoms with van der Waals surface area (Å²) in [5.74, 6) is 0. The van der Waals surface area contributed by atoms with Crippen molar-refractivity contribution in [2.24, 2.45) is 0 Å². The number of benzene rings is 1. The summed E-state index contributed by atoms with van der Waals surface area (Å²) in [5.41, 5.74) is 6.88. The predicted molar refractivity (Wildman–Crippen MR) is 58.2 cm³/mol. The van der Waals surface area contributed by atoms with Crippen LogP contribution in [0.15, 0.2) is 0 Å². The quantitative estimate of drug-likeness (QED) is 0.694. The van der Waals surface area contributed by atoms with Gasteiger partial charge in [0.15, 0.2) is 0 Å². The Labute approximate surface area is 116 Å². The second-order valence-electron chi connectivity index (χ2n) is 3.49. The largest absolute Gasteiger partial charge is 3.00 e. The van der Waals surface area contributed by atoms with Gasteiger partial charge in [0.25, 0.3) is 0 Å². The Bertz CT molecular complexity index is 432. The summed E-state index contributed by atoms with van der Waals surface area (Å²) in [6.07, 6.45) is 0. The van der Waals surface area contributed by atoms with E-state index in [1.54, 1.807) is 0 Å². The van der Waals surface area contributed by atoms with Crippen LogP contribution in [0.2, 0.25) is 0 Å². The molecule has 0 bridgehead atoms. The standard InChI is InChI=1S/C10H12N3.CH3.Y/c1-5-6(2)8(4)10-9(7(5)3)11-13-12-10;;/h1-4H3;1H3;/q2*-1;+3. The minimum Gasteiger partial charge on any atom is -0.358 e. The molecule has 0 radical (unpaired) electrons. The fourth-order valence-corrected chi connectivity index (χ4v) is 1.63. The SMILES string of the molecule is Cc1c(C)c(C)c2[n-]nnc2c1C.[CH3-].[Y+3]. The van der Waals surface area contributed by atoms with Gasteiger partial charge in [-0.1, -0.05) is 0 Å². The Balaban J connectivity index is 0.000000980. The van der Waals surface area contributed by atoms with Gasteiger partial charge in [0, 0.05) is 0 Å². The molecule has 0 unspecified atom stereocenters. The maximum absolute atomic E-state index is 4.02. The Kier molecular flexibility index (Phi) is 5.08. The number of aryl methyl sites for hydroxylation is 2. The molecule has 4 heteroatoms. The zero-order valence-corrected chi connectivity index (χ0v) is 12.8. The molecule has 0 spiro atoms. The van der Waals surface area contributed by atoms with Crippen LogP contribution in [-0.2, 0) is 32.7 Å². The smallest absolute Gasteiger partial charge is 0.358 e. The Morgan fingerprint density at radius 2 is 1.40 bits per heavy atom. The number of fused-ring (bicyclic) bond motifs is 1. The van der Waals surface area contributed by atoms with Gasteiger partial charge >= 0.3 is 32.7 Å². The summed E-state index contributed by atoms with van der Waals surface area (Å²) in [6, 6.07) is 0. The molecule has 0 amide bonds. The van der Waals surface area contributed by atoms with Crippen molar-refractivity contribution in [3.05, 3.63) is 29.7 Å². The first-order valence-corrected chi connectivity index (χ1v) is 4.35. The molecule has 1 aromatic heterocycles. The van der Waals surface area contributed by atoms with E-state index in [1.807, 2.05) is 0 Å². The van der Waals surface area contributed by atoms with Crippen molar-refractivity contribution in [3.63, 3.8) is 0 Å². The van der Waals surface area contributed by atoms with Crippen LogP contribution in [0.25, 0.3) is 11.0 Å². The fraction of sp³-hybridized carbons (Fsp3) is 0.364. The third-order valence-electron chi connectivity index (χ3n) is 2.91. The summed E-state index contributed by atoms with van der Waals surface area (Å²) >= 11 is 0. The van der Waals surface area contributed by atoms with E-state index in [1.165, 1.54) is 22.3 Å². The average molecular weight is 278 g/mol. The van der Waals surface area contributed by atoms with Crippen molar-refractivity contribution in [3.8, 4) is 0 Å². The number of hydrogen-bond acceptors (Lipinski definition) is 2. The van der Waals surface area contributed by atoms with Crippen molar-refractivity contribution in [1.29, 1.82) is 0 Å². The predicted octanol–water partition coefficient (Wildman–Crippen LogP) is 2.27. The normalized spacial score (nSPS) is 9.60. The Morgan fingerprint density at radius 1 is 0.867 bits per heavy atom. The third kappa shape index (κ3) is 2.14. The summed E-state index contributed by atoms with van der Waals surface area (Å²) in [6.45, 7) is 8.37. The molecule has 0 aliphatic carbocycles. The van der Waals surface area contributed by atoms with Crippen molar-refractivity contribution in [1.82, 2.24) is 15.4 Å². The molecule has 0 N–H and O–H groups in total. The molecule has 1 aromatic carbocycles. The molecule has 2 rings (SSSR count). The topological polar surface area (TPSA) is 39.9 Å². The van der Waals surface area contributed by atoms with Gasteiger partial charge in [-0.3, -0.25) is 5.21 Å². The first-order valence-electron chi connectivity index (χ1n) is 4.35. The molecule has 2 aromatic rings. The van der Waals surface area contributed by atoms with Crippen molar-refractivity contribution >= 4 is 11.0 Å². The molecule has 0 saturated carbocycles. The van der Waals surface area contributed by atoms with E-state index < -0.39 is 0 Å². The molecule has 0 fully saturated rings. The molecule has 3 nitrogen and oxygen atoms in total. The maximum atomic E-state index is 4.02. The number of rotatable bonds is 0.